The lowest BCUT2D eigenvalue weighted by molar-refractivity contribution is 0.0746. The van der Waals surface area contributed by atoms with E-state index in [1.54, 1.807) is 23.1 Å². The summed E-state index contributed by atoms with van der Waals surface area (Å²) in [6.07, 6.45) is 2.46. The summed E-state index contributed by atoms with van der Waals surface area (Å²) in [6.45, 7) is 7.07. The number of hydrogen-bond donors (Lipinski definition) is 0. The summed E-state index contributed by atoms with van der Waals surface area (Å²) in [5.41, 5.74) is 3.17. The second-order valence-electron chi connectivity index (χ2n) is 7.84. The van der Waals surface area contributed by atoms with Gasteiger partial charge in [-0.3, -0.25) is 9.10 Å². The number of sulfonamides is 1. The number of aromatic nitrogens is 1. The van der Waals surface area contributed by atoms with Crippen molar-refractivity contribution in [2.24, 2.45) is 0 Å². The highest BCUT2D eigenvalue weighted by Crippen LogP contribution is 2.29. The summed E-state index contributed by atoms with van der Waals surface area (Å²) >= 11 is 6.39. The Labute approximate surface area is 182 Å². The van der Waals surface area contributed by atoms with Crippen LogP contribution in [0.3, 0.4) is 0 Å². The van der Waals surface area contributed by atoms with E-state index in [0.29, 0.717) is 50.4 Å². The first-order valence-electron chi connectivity index (χ1n) is 10.0. The van der Waals surface area contributed by atoms with E-state index >= 15 is 0 Å². The van der Waals surface area contributed by atoms with Gasteiger partial charge < -0.3 is 9.80 Å². The van der Waals surface area contributed by atoms with Crippen LogP contribution in [0, 0.1) is 13.8 Å². The third-order valence-electron chi connectivity index (χ3n) is 5.62. The van der Waals surface area contributed by atoms with Gasteiger partial charge in [-0.25, -0.2) is 13.4 Å². The normalized spacial score (nSPS) is 18.7. The lowest BCUT2D eigenvalue weighted by Crippen LogP contribution is -2.49. The van der Waals surface area contributed by atoms with Crippen LogP contribution < -0.4 is 9.21 Å². The minimum absolute atomic E-state index is 0.135. The molecule has 9 heteroatoms. The largest absolute Gasteiger partial charge is 0.353 e. The Morgan fingerprint density at radius 3 is 2.40 bits per heavy atom. The number of piperazine rings is 1. The van der Waals surface area contributed by atoms with E-state index in [9.17, 15) is 13.2 Å². The molecule has 0 N–H and O–H groups in total. The van der Waals surface area contributed by atoms with E-state index in [0.717, 1.165) is 16.9 Å². The first-order chi connectivity index (χ1) is 14.3. The van der Waals surface area contributed by atoms with Gasteiger partial charge in [-0.05, 0) is 49.6 Å². The van der Waals surface area contributed by atoms with Crippen molar-refractivity contribution in [2.45, 2.75) is 20.3 Å². The van der Waals surface area contributed by atoms with Crippen LogP contribution >= 0.6 is 11.6 Å². The highest BCUT2D eigenvalue weighted by atomic mass is 35.5. The maximum absolute atomic E-state index is 13.0. The predicted octanol–water partition coefficient (Wildman–Crippen LogP) is 2.85. The molecule has 2 aromatic rings. The molecule has 7 nitrogen and oxygen atoms in total. The van der Waals surface area contributed by atoms with Crippen molar-refractivity contribution in [1.29, 1.82) is 0 Å². The molecule has 0 bridgehead atoms. The second-order valence-corrected chi connectivity index (χ2v) is 10.3. The fourth-order valence-electron chi connectivity index (χ4n) is 4.09. The van der Waals surface area contributed by atoms with Gasteiger partial charge in [-0.15, -0.1) is 0 Å². The summed E-state index contributed by atoms with van der Waals surface area (Å²) in [5.74, 6) is 0.969. The van der Waals surface area contributed by atoms with Gasteiger partial charge in [-0.2, -0.15) is 0 Å². The molecule has 1 amide bonds. The third-order valence-corrected chi connectivity index (χ3v) is 7.81. The summed E-state index contributed by atoms with van der Waals surface area (Å²) < 4.78 is 25.6. The van der Waals surface area contributed by atoms with E-state index in [-0.39, 0.29) is 16.7 Å². The zero-order valence-corrected chi connectivity index (χ0v) is 18.7. The van der Waals surface area contributed by atoms with E-state index in [1.165, 1.54) is 4.31 Å². The van der Waals surface area contributed by atoms with Crippen LogP contribution in [0.15, 0.2) is 30.5 Å². The molecular formula is C21H25ClN4O3S. The number of aryl methyl sites for hydroxylation is 2. The van der Waals surface area contributed by atoms with Crippen molar-refractivity contribution >= 4 is 39.0 Å². The van der Waals surface area contributed by atoms with Crippen molar-refractivity contribution in [3.63, 3.8) is 0 Å². The summed E-state index contributed by atoms with van der Waals surface area (Å²) in [5, 5.41) is 0.276. The number of anilines is 2. The fourth-order valence-corrected chi connectivity index (χ4v) is 5.90. The van der Waals surface area contributed by atoms with Gasteiger partial charge in [-0.1, -0.05) is 17.7 Å². The Morgan fingerprint density at radius 1 is 1.07 bits per heavy atom. The van der Waals surface area contributed by atoms with Gasteiger partial charge in [0.25, 0.3) is 5.91 Å². The zero-order valence-electron chi connectivity index (χ0n) is 17.1. The average Bonchev–Trinajstić information content (AvgIpc) is 3.06. The van der Waals surface area contributed by atoms with Crippen molar-refractivity contribution in [3.8, 4) is 0 Å². The molecule has 0 aliphatic carbocycles. The molecule has 30 heavy (non-hydrogen) atoms. The van der Waals surface area contributed by atoms with E-state index in [1.807, 2.05) is 13.1 Å². The summed E-state index contributed by atoms with van der Waals surface area (Å²) in [7, 11) is -3.28. The molecule has 0 radical (unpaired) electrons. The molecule has 2 aliphatic heterocycles. The molecule has 1 aromatic carbocycles. The Hall–Kier alpha value is -2.32. The fraction of sp³-hybridized carbons (Fsp3) is 0.429. The zero-order chi connectivity index (χ0) is 21.5. The minimum atomic E-state index is -3.28. The SMILES string of the molecule is Cc1cnc(N2CCN(C(=O)c3ccc(N4CCCS4(=O)=O)cc3Cl)CC2)c(C)c1. The Morgan fingerprint density at radius 2 is 1.80 bits per heavy atom. The first-order valence-corrected chi connectivity index (χ1v) is 12.0. The second kappa shape index (κ2) is 8.07. The lowest BCUT2D eigenvalue weighted by atomic mass is 10.1. The van der Waals surface area contributed by atoms with Crippen LogP contribution in [0.5, 0.6) is 0 Å². The number of rotatable bonds is 3. The van der Waals surface area contributed by atoms with Crippen molar-refractivity contribution in [2.75, 3.05) is 47.7 Å². The van der Waals surface area contributed by atoms with Gasteiger partial charge in [0.15, 0.2) is 0 Å². The third kappa shape index (κ3) is 3.98. The van der Waals surface area contributed by atoms with Crippen LogP contribution in [-0.2, 0) is 10.0 Å². The number of carbonyl (C=O) groups is 1. The molecule has 160 valence electrons. The quantitative estimate of drug-likeness (QED) is 0.721. The summed E-state index contributed by atoms with van der Waals surface area (Å²) in [6, 6.07) is 6.99. The number of halogens is 1. The molecule has 0 atom stereocenters. The number of nitrogens with zero attached hydrogens (tertiary/aromatic N) is 4. The standard InChI is InChI=1S/C21H25ClN4O3S/c1-15-12-16(2)20(23-14-15)24-7-9-25(10-8-24)21(27)18-5-4-17(13-19(18)22)26-6-3-11-30(26,28)29/h4-5,12-14H,3,6-11H2,1-2H3. The van der Waals surface area contributed by atoms with Crippen molar-refractivity contribution in [3.05, 3.63) is 52.2 Å². The van der Waals surface area contributed by atoms with Crippen LogP contribution in [0.2, 0.25) is 5.02 Å². The molecule has 2 aliphatic rings. The monoisotopic (exact) mass is 448 g/mol. The Kier molecular flexibility index (Phi) is 5.63. The Balaban J connectivity index is 1.45. The molecule has 1 aromatic heterocycles. The van der Waals surface area contributed by atoms with Gasteiger partial charge in [0, 0.05) is 38.9 Å². The smallest absolute Gasteiger partial charge is 0.255 e. The van der Waals surface area contributed by atoms with Crippen molar-refractivity contribution < 1.29 is 13.2 Å². The number of pyridine rings is 1. The number of carbonyl (C=O) groups excluding carboxylic acids is 1. The first kappa shape index (κ1) is 20.9. The average molecular weight is 449 g/mol. The predicted molar refractivity (Wildman–Crippen MR) is 119 cm³/mol. The maximum Gasteiger partial charge on any atom is 0.255 e. The van der Waals surface area contributed by atoms with E-state index < -0.39 is 10.0 Å². The van der Waals surface area contributed by atoms with Crippen LogP contribution in [0.25, 0.3) is 0 Å². The maximum atomic E-state index is 13.0. The molecule has 2 saturated heterocycles. The highest BCUT2D eigenvalue weighted by Gasteiger charge is 2.30. The van der Waals surface area contributed by atoms with Crippen LogP contribution in [0.4, 0.5) is 11.5 Å². The van der Waals surface area contributed by atoms with Gasteiger partial charge >= 0.3 is 0 Å². The Bertz CT molecular complexity index is 1080. The van der Waals surface area contributed by atoms with E-state index in [4.69, 9.17) is 11.6 Å². The van der Waals surface area contributed by atoms with Crippen molar-refractivity contribution in [1.82, 2.24) is 9.88 Å². The van der Waals surface area contributed by atoms with E-state index in [2.05, 4.69) is 22.9 Å². The molecule has 0 unspecified atom stereocenters. The molecule has 0 saturated carbocycles. The van der Waals surface area contributed by atoms with Crippen LogP contribution in [0.1, 0.15) is 27.9 Å². The number of benzene rings is 1. The molecular weight excluding hydrogens is 424 g/mol. The van der Waals surface area contributed by atoms with Gasteiger partial charge in [0.05, 0.1) is 22.0 Å². The summed E-state index contributed by atoms with van der Waals surface area (Å²) in [4.78, 5) is 21.5. The van der Waals surface area contributed by atoms with Gasteiger partial charge in [0.2, 0.25) is 10.0 Å². The lowest BCUT2D eigenvalue weighted by Gasteiger charge is -2.36. The molecule has 4 rings (SSSR count). The minimum Gasteiger partial charge on any atom is -0.353 e. The molecule has 3 heterocycles. The molecule has 0 spiro atoms. The molecule has 2 fully saturated rings. The van der Waals surface area contributed by atoms with Gasteiger partial charge in [0.1, 0.15) is 5.82 Å². The topological polar surface area (TPSA) is 73.8 Å². The number of hydrogen-bond acceptors (Lipinski definition) is 5. The highest BCUT2D eigenvalue weighted by molar-refractivity contribution is 7.93. The number of amides is 1. The van der Waals surface area contributed by atoms with Crippen LogP contribution in [-0.4, -0.2) is 62.7 Å².